The number of hydrogen-bond acceptors (Lipinski definition) is 5. The molecule has 0 rings (SSSR count). The summed E-state index contributed by atoms with van der Waals surface area (Å²) in [5.74, 6) is -1.27. The molecule has 0 saturated heterocycles. The number of rotatable bonds is 7. The van der Waals surface area contributed by atoms with Crippen LogP contribution in [0, 0.1) is 0 Å². The molecular formula is C12H20N2O5. The van der Waals surface area contributed by atoms with Crippen molar-refractivity contribution in [2.45, 2.75) is 26.8 Å². The number of urea groups is 1. The molecule has 0 heterocycles. The highest BCUT2D eigenvalue weighted by molar-refractivity contribution is 5.91. The molecule has 0 spiro atoms. The Morgan fingerprint density at radius 1 is 1.11 bits per heavy atom. The van der Waals surface area contributed by atoms with E-state index in [-0.39, 0.29) is 25.3 Å². The van der Waals surface area contributed by atoms with Crippen LogP contribution in [0.15, 0.2) is 12.2 Å². The third kappa shape index (κ3) is 9.63. The fraction of sp³-hybridized carbons (Fsp3) is 0.583. The number of hydrogen-bond donors (Lipinski definition) is 2. The molecule has 0 fully saturated rings. The first kappa shape index (κ1) is 16.9. The van der Waals surface area contributed by atoms with Gasteiger partial charge in [0.1, 0.15) is 6.61 Å². The first-order valence-electron chi connectivity index (χ1n) is 6.05. The second-order valence-corrected chi connectivity index (χ2v) is 3.62. The number of nitrogens with one attached hydrogen (secondary N) is 2. The lowest BCUT2D eigenvalue weighted by atomic mass is 10.4. The summed E-state index contributed by atoms with van der Waals surface area (Å²) < 4.78 is 9.43. The number of carbonyl (C=O) groups is 3. The van der Waals surface area contributed by atoms with Gasteiger partial charge in [0, 0.05) is 18.7 Å². The monoisotopic (exact) mass is 272 g/mol. The summed E-state index contributed by atoms with van der Waals surface area (Å²) in [6, 6.07) is -0.653. The van der Waals surface area contributed by atoms with Crippen LogP contribution in [0.5, 0.6) is 0 Å². The Bertz CT molecular complexity index is 341. The molecule has 0 aliphatic heterocycles. The summed E-state index contributed by atoms with van der Waals surface area (Å²) in [4.78, 5) is 33.3. The van der Waals surface area contributed by atoms with Crippen LogP contribution in [-0.4, -0.2) is 43.8 Å². The molecule has 7 heteroatoms. The van der Waals surface area contributed by atoms with Crippen LogP contribution in [0.3, 0.4) is 0 Å². The van der Waals surface area contributed by atoms with Crippen molar-refractivity contribution in [2.24, 2.45) is 0 Å². The van der Waals surface area contributed by atoms with Crippen LogP contribution in [0.25, 0.3) is 0 Å². The summed E-state index contributed by atoms with van der Waals surface area (Å²) in [6.07, 6.45) is 1.98. The highest BCUT2D eigenvalue weighted by Gasteiger charge is 2.08. The summed E-state index contributed by atoms with van der Waals surface area (Å²) >= 11 is 0. The van der Waals surface area contributed by atoms with Crippen molar-refractivity contribution in [1.82, 2.24) is 10.6 Å². The quantitative estimate of drug-likeness (QED) is 0.515. The maximum Gasteiger partial charge on any atom is 0.331 e. The fourth-order valence-electron chi connectivity index (χ4n) is 1.06. The van der Waals surface area contributed by atoms with Crippen molar-refractivity contribution in [3.8, 4) is 0 Å². The Balaban J connectivity index is 3.89. The van der Waals surface area contributed by atoms with Gasteiger partial charge in [-0.3, -0.25) is 0 Å². The van der Waals surface area contributed by atoms with E-state index in [2.05, 4.69) is 15.4 Å². The van der Waals surface area contributed by atoms with Crippen molar-refractivity contribution >= 4 is 18.0 Å². The molecule has 0 saturated carbocycles. The van der Waals surface area contributed by atoms with Crippen LogP contribution in [0.2, 0.25) is 0 Å². The van der Waals surface area contributed by atoms with E-state index in [0.717, 1.165) is 12.2 Å². The molecule has 0 bridgehead atoms. The van der Waals surface area contributed by atoms with Gasteiger partial charge in [0.15, 0.2) is 0 Å². The van der Waals surface area contributed by atoms with Gasteiger partial charge < -0.3 is 20.1 Å². The standard InChI is InChI=1S/C12H20N2O5/c1-4-13-12(17)14-9(3)8-19-11(16)7-6-10(15)18-5-2/h6-7,9H,4-5,8H2,1-3H3,(H2,13,14,17)/b7-6+/t9-/m0/s1. The zero-order chi connectivity index (χ0) is 14.7. The highest BCUT2D eigenvalue weighted by atomic mass is 16.5. The second-order valence-electron chi connectivity index (χ2n) is 3.62. The van der Waals surface area contributed by atoms with Gasteiger partial charge in [-0.05, 0) is 20.8 Å². The van der Waals surface area contributed by atoms with Crippen LogP contribution < -0.4 is 10.6 Å². The van der Waals surface area contributed by atoms with Crippen molar-refractivity contribution in [3.05, 3.63) is 12.2 Å². The van der Waals surface area contributed by atoms with E-state index < -0.39 is 11.9 Å². The van der Waals surface area contributed by atoms with Gasteiger partial charge in [-0.15, -0.1) is 0 Å². The molecule has 0 aliphatic carbocycles. The Labute approximate surface area is 112 Å². The zero-order valence-electron chi connectivity index (χ0n) is 11.4. The average Bonchev–Trinajstić information content (AvgIpc) is 2.34. The lowest BCUT2D eigenvalue weighted by Crippen LogP contribution is -2.42. The average molecular weight is 272 g/mol. The smallest absolute Gasteiger partial charge is 0.331 e. The molecule has 19 heavy (non-hydrogen) atoms. The first-order chi connectivity index (χ1) is 8.99. The van der Waals surface area contributed by atoms with Crippen molar-refractivity contribution < 1.29 is 23.9 Å². The maximum atomic E-state index is 11.2. The normalized spacial score (nSPS) is 11.7. The topological polar surface area (TPSA) is 93.7 Å². The predicted molar refractivity (Wildman–Crippen MR) is 68.4 cm³/mol. The van der Waals surface area contributed by atoms with E-state index in [1.54, 1.807) is 20.8 Å². The Morgan fingerprint density at radius 3 is 2.21 bits per heavy atom. The molecule has 2 amide bonds. The van der Waals surface area contributed by atoms with Gasteiger partial charge in [0.05, 0.1) is 12.6 Å². The predicted octanol–water partition coefficient (Wildman–Crippen LogP) is 0.357. The molecule has 0 aromatic carbocycles. The Hall–Kier alpha value is -2.05. The van der Waals surface area contributed by atoms with E-state index >= 15 is 0 Å². The molecule has 0 aromatic heterocycles. The molecule has 0 radical (unpaired) electrons. The van der Waals surface area contributed by atoms with E-state index in [1.165, 1.54) is 0 Å². The summed E-state index contributed by atoms with van der Waals surface area (Å²) in [6.45, 7) is 5.93. The van der Waals surface area contributed by atoms with E-state index in [1.807, 2.05) is 0 Å². The summed E-state index contributed by atoms with van der Waals surface area (Å²) in [7, 11) is 0. The number of carbonyl (C=O) groups excluding carboxylic acids is 3. The molecule has 0 unspecified atom stereocenters. The van der Waals surface area contributed by atoms with E-state index in [0.29, 0.717) is 6.54 Å². The van der Waals surface area contributed by atoms with E-state index in [4.69, 9.17) is 4.74 Å². The lowest BCUT2D eigenvalue weighted by Gasteiger charge is -2.13. The highest BCUT2D eigenvalue weighted by Crippen LogP contribution is 1.89. The molecule has 1 atom stereocenters. The third-order valence-electron chi connectivity index (χ3n) is 1.83. The molecule has 108 valence electrons. The fourth-order valence-corrected chi connectivity index (χ4v) is 1.06. The van der Waals surface area contributed by atoms with Gasteiger partial charge in [0.2, 0.25) is 0 Å². The zero-order valence-corrected chi connectivity index (χ0v) is 11.4. The van der Waals surface area contributed by atoms with Crippen LogP contribution in [-0.2, 0) is 19.1 Å². The minimum Gasteiger partial charge on any atom is -0.463 e. The van der Waals surface area contributed by atoms with E-state index in [9.17, 15) is 14.4 Å². The molecule has 0 aliphatic rings. The Morgan fingerprint density at radius 2 is 1.68 bits per heavy atom. The number of amides is 2. The summed E-state index contributed by atoms with van der Waals surface area (Å²) in [5.41, 5.74) is 0. The minimum absolute atomic E-state index is 0.0170. The van der Waals surface area contributed by atoms with Crippen molar-refractivity contribution in [1.29, 1.82) is 0 Å². The van der Waals surface area contributed by atoms with Gasteiger partial charge in [-0.1, -0.05) is 0 Å². The minimum atomic E-state index is -0.669. The molecular weight excluding hydrogens is 252 g/mol. The first-order valence-corrected chi connectivity index (χ1v) is 6.05. The van der Waals surface area contributed by atoms with Gasteiger partial charge >= 0.3 is 18.0 Å². The lowest BCUT2D eigenvalue weighted by molar-refractivity contribution is -0.140. The summed E-state index contributed by atoms with van der Waals surface area (Å²) in [5, 5.41) is 5.13. The van der Waals surface area contributed by atoms with Crippen molar-refractivity contribution in [2.75, 3.05) is 19.8 Å². The third-order valence-corrected chi connectivity index (χ3v) is 1.83. The Kier molecular flexibility index (Phi) is 8.86. The number of ether oxygens (including phenoxy) is 2. The molecule has 7 nitrogen and oxygen atoms in total. The maximum absolute atomic E-state index is 11.2. The van der Waals surface area contributed by atoms with Crippen LogP contribution >= 0.6 is 0 Å². The molecule has 0 aromatic rings. The second kappa shape index (κ2) is 9.93. The molecule has 2 N–H and O–H groups in total. The number of esters is 2. The SMILES string of the molecule is CCNC(=O)N[C@@H](C)COC(=O)/C=C/C(=O)OCC. The largest absolute Gasteiger partial charge is 0.463 e. The van der Waals surface area contributed by atoms with Crippen molar-refractivity contribution in [3.63, 3.8) is 0 Å². The van der Waals surface area contributed by atoms with Gasteiger partial charge in [-0.25, -0.2) is 14.4 Å². The van der Waals surface area contributed by atoms with Gasteiger partial charge in [-0.2, -0.15) is 0 Å². The van der Waals surface area contributed by atoms with Crippen LogP contribution in [0.1, 0.15) is 20.8 Å². The van der Waals surface area contributed by atoms with Gasteiger partial charge in [0.25, 0.3) is 0 Å². The van der Waals surface area contributed by atoms with Crippen LogP contribution in [0.4, 0.5) is 4.79 Å².